The SMILES string of the molecule is c1csc(-c2nccc3[nH]c(-c4n[nH]c5ccc(-c6cn[nH]c6)nc45)nc23)c1. The van der Waals surface area contributed by atoms with Crippen LogP contribution in [-0.2, 0) is 0 Å². The number of imidazole rings is 1. The maximum atomic E-state index is 4.80. The van der Waals surface area contributed by atoms with Crippen molar-refractivity contribution in [2.24, 2.45) is 0 Å². The molecule has 0 saturated carbocycles. The Kier molecular flexibility index (Phi) is 3.17. The average molecular weight is 384 g/mol. The standard InChI is InChI=1S/C19H12N8S/c1-2-14(28-7-1)17-15-12(5-6-20-17)24-19(25-15)18-16-13(26-27-18)4-3-11(23-16)10-8-21-22-9-10/h1-9H,(H,21,22)(H,24,25)(H,26,27). The summed E-state index contributed by atoms with van der Waals surface area (Å²) in [6.45, 7) is 0. The van der Waals surface area contributed by atoms with Gasteiger partial charge in [-0.1, -0.05) is 6.07 Å². The maximum Gasteiger partial charge on any atom is 0.161 e. The number of nitrogens with one attached hydrogen (secondary N) is 3. The minimum Gasteiger partial charge on any atom is -0.336 e. The number of hydrogen-bond acceptors (Lipinski definition) is 6. The van der Waals surface area contributed by atoms with Crippen LogP contribution in [0.4, 0.5) is 0 Å². The summed E-state index contributed by atoms with van der Waals surface area (Å²) in [5, 5.41) is 16.3. The smallest absolute Gasteiger partial charge is 0.161 e. The van der Waals surface area contributed by atoms with Gasteiger partial charge in [-0.15, -0.1) is 11.3 Å². The number of aromatic amines is 3. The molecule has 0 aliphatic heterocycles. The number of rotatable bonds is 3. The van der Waals surface area contributed by atoms with E-state index >= 15 is 0 Å². The predicted octanol–water partition coefficient (Wildman–Crippen LogP) is 4.01. The van der Waals surface area contributed by atoms with E-state index in [0.29, 0.717) is 11.5 Å². The molecule has 0 amide bonds. The van der Waals surface area contributed by atoms with Gasteiger partial charge in [-0.25, -0.2) is 9.97 Å². The van der Waals surface area contributed by atoms with Gasteiger partial charge in [-0.3, -0.25) is 15.2 Å². The Morgan fingerprint density at radius 1 is 0.929 bits per heavy atom. The van der Waals surface area contributed by atoms with E-state index in [-0.39, 0.29) is 0 Å². The summed E-state index contributed by atoms with van der Waals surface area (Å²) in [7, 11) is 0. The third-order valence-electron chi connectivity index (χ3n) is 4.58. The molecule has 28 heavy (non-hydrogen) atoms. The van der Waals surface area contributed by atoms with Gasteiger partial charge < -0.3 is 4.98 Å². The number of fused-ring (bicyclic) bond motifs is 2. The summed E-state index contributed by atoms with van der Waals surface area (Å²) in [6, 6.07) is 9.87. The van der Waals surface area contributed by atoms with Crippen LogP contribution < -0.4 is 0 Å². The van der Waals surface area contributed by atoms with Crippen LogP contribution in [-0.4, -0.2) is 40.3 Å². The first-order valence-electron chi connectivity index (χ1n) is 8.60. The molecular weight excluding hydrogens is 372 g/mol. The lowest BCUT2D eigenvalue weighted by Crippen LogP contribution is -1.86. The van der Waals surface area contributed by atoms with Crippen molar-refractivity contribution >= 4 is 33.4 Å². The first-order chi connectivity index (χ1) is 13.9. The number of nitrogens with zero attached hydrogens (tertiary/aromatic N) is 5. The van der Waals surface area contributed by atoms with E-state index in [9.17, 15) is 0 Å². The molecule has 0 aromatic carbocycles. The van der Waals surface area contributed by atoms with Gasteiger partial charge in [0.1, 0.15) is 16.7 Å². The first-order valence-corrected chi connectivity index (χ1v) is 9.48. The molecule has 134 valence electrons. The Bertz CT molecular complexity index is 1410. The van der Waals surface area contributed by atoms with Crippen LogP contribution in [0.15, 0.2) is 54.3 Å². The van der Waals surface area contributed by atoms with Gasteiger partial charge in [0.05, 0.1) is 27.8 Å². The molecule has 0 bridgehead atoms. The molecular formula is C19H12N8S. The van der Waals surface area contributed by atoms with Crippen LogP contribution in [0.1, 0.15) is 0 Å². The van der Waals surface area contributed by atoms with E-state index in [4.69, 9.17) is 9.97 Å². The third-order valence-corrected chi connectivity index (χ3v) is 5.46. The largest absolute Gasteiger partial charge is 0.336 e. The van der Waals surface area contributed by atoms with Crippen LogP contribution in [0, 0.1) is 0 Å². The zero-order valence-corrected chi connectivity index (χ0v) is 15.2. The molecule has 6 aromatic heterocycles. The lowest BCUT2D eigenvalue weighted by atomic mass is 10.2. The minimum atomic E-state index is 0.656. The topological polar surface area (TPSA) is 112 Å². The Balaban J connectivity index is 1.55. The number of pyridine rings is 2. The van der Waals surface area contributed by atoms with Crippen molar-refractivity contribution in [3.05, 3.63) is 54.3 Å². The minimum absolute atomic E-state index is 0.656. The summed E-state index contributed by atoms with van der Waals surface area (Å²) in [5.41, 5.74) is 6.61. The lowest BCUT2D eigenvalue weighted by Gasteiger charge is -1.97. The van der Waals surface area contributed by atoms with E-state index in [0.717, 1.165) is 43.9 Å². The summed E-state index contributed by atoms with van der Waals surface area (Å²) in [4.78, 5) is 18.5. The molecule has 0 atom stereocenters. The summed E-state index contributed by atoms with van der Waals surface area (Å²) in [5.74, 6) is 0.656. The summed E-state index contributed by atoms with van der Waals surface area (Å²) in [6.07, 6.45) is 5.35. The number of H-pyrrole nitrogens is 3. The van der Waals surface area contributed by atoms with Gasteiger partial charge >= 0.3 is 0 Å². The molecule has 8 nitrogen and oxygen atoms in total. The highest BCUT2D eigenvalue weighted by molar-refractivity contribution is 7.13. The highest BCUT2D eigenvalue weighted by atomic mass is 32.1. The van der Waals surface area contributed by atoms with Crippen LogP contribution in [0.3, 0.4) is 0 Å². The Morgan fingerprint density at radius 2 is 1.89 bits per heavy atom. The molecule has 0 spiro atoms. The fraction of sp³-hybridized carbons (Fsp3) is 0. The highest BCUT2D eigenvalue weighted by Gasteiger charge is 2.17. The Morgan fingerprint density at radius 3 is 2.75 bits per heavy atom. The highest BCUT2D eigenvalue weighted by Crippen LogP contribution is 2.32. The second-order valence-corrected chi connectivity index (χ2v) is 7.22. The average Bonchev–Trinajstić information content (AvgIpc) is 3.53. The summed E-state index contributed by atoms with van der Waals surface area (Å²) < 4.78 is 0. The molecule has 0 saturated heterocycles. The van der Waals surface area contributed by atoms with Gasteiger partial charge in [0.15, 0.2) is 11.5 Å². The first kappa shape index (κ1) is 15.2. The van der Waals surface area contributed by atoms with Crippen molar-refractivity contribution < 1.29 is 0 Å². The number of hydrogen-bond donors (Lipinski definition) is 3. The van der Waals surface area contributed by atoms with Crippen molar-refractivity contribution in [2.75, 3.05) is 0 Å². The lowest BCUT2D eigenvalue weighted by molar-refractivity contribution is 1.09. The van der Waals surface area contributed by atoms with E-state index in [1.807, 2.05) is 41.9 Å². The molecule has 3 N–H and O–H groups in total. The molecule has 0 aliphatic rings. The van der Waals surface area contributed by atoms with Gasteiger partial charge in [0.25, 0.3) is 0 Å². The third kappa shape index (κ3) is 2.26. The van der Waals surface area contributed by atoms with Crippen molar-refractivity contribution in [1.29, 1.82) is 0 Å². The normalized spacial score (nSPS) is 11.6. The van der Waals surface area contributed by atoms with E-state index in [2.05, 4.69) is 30.4 Å². The zero-order chi connectivity index (χ0) is 18.5. The Hall–Kier alpha value is -3.85. The molecule has 9 heteroatoms. The number of aromatic nitrogens is 8. The molecule has 0 fully saturated rings. The van der Waals surface area contributed by atoms with E-state index < -0.39 is 0 Å². The van der Waals surface area contributed by atoms with Crippen molar-refractivity contribution in [2.45, 2.75) is 0 Å². The molecule has 0 aliphatic carbocycles. The molecule has 0 radical (unpaired) electrons. The van der Waals surface area contributed by atoms with E-state index in [1.54, 1.807) is 23.7 Å². The quantitative estimate of drug-likeness (QED) is 0.427. The zero-order valence-electron chi connectivity index (χ0n) is 14.3. The Labute approximate surface area is 161 Å². The summed E-state index contributed by atoms with van der Waals surface area (Å²) >= 11 is 1.64. The molecule has 0 unspecified atom stereocenters. The van der Waals surface area contributed by atoms with Gasteiger partial charge in [0.2, 0.25) is 0 Å². The second kappa shape index (κ2) is 5.83. The predicted molar refractivity (Wildman–Crippen MR) is 108 cm³/mol. The fourth-order valence-corrected chi connectivity index (χ4v) is 3.98. The van der Waals surface area contributed by atoms with E-state index in [1.165, 1.54) is 0 Å². The molecule has 6 heterocycles. The van der Waals surface area contributed by atoms with Crippen LogP contribution in [0.25, 0.3) is 55.4 Å². The van der Waals surface area contributed by atoms with Crippen molar-refractivity contribution in [1.82, 2.24) is 40.3 Å². The maximum absolute atomic E-state index is 4.80. The van der Waals surface area contributed by atoms with Crippen LogP contribution in [0.5, 0.6) is 0 Å². The van der Waals surface area contributed by atoms with Crippen molar-refractivity contribution in [3.63, 3.8) is 0 Å². The van der Waals surface area contributed by atoms with Crippen LogP contribution >= 0.6 is 11.3 Å². The fourth-order valence-electron chi connectivity index (χ4n) is 3.26. The molecule has 6 rings (SSSR count). The van der Waals surface area contributed by atoms with Crippen LogP contribution in [0.2, 0.25) is 0 Å². The van der Waals surface area contributed by atoms with Gasteiger partial charge in [0, 0.05) is 18.0 Å². The monoisotopic (exact) mass is 384 g/mol. The van der Waals surface area contributed by atoms with Gasteiger partial charge in [-0.05, 0) is 29.6 Å². The van der Waals surface area contributed by atoms with Crippen molar-refractivity contribution in [3.8, 4) is 33.3 Å². The second-order valence-electron chi connectivity index (χ2n) is 6.27. The molecule has 6 aromatic rings. The number of thiophene rings is 1. The van der Waals surface area contributed by atoms with Gasteiger partial charge in [-0.2, -0.15) is 10.2 Å².